The van der Waals surface area contributed by atoms with Gasteiger partial charge in [0.25, 0.3) is 0 Å². The van der Waals surface area contributed by atoms with Gasteiger partial charge >= 0.3 is 0 Å². The van der Waals surface area contributed by atoms with Crippen molar-refractivity contribution in [1.29, 1.82) is 0 Å². The van der Waals surface area contributed by atoms with E-state index in [1.807, 2.05) is 0 Å². The average Bonchev–Trinajstić information content (AvgIpc) is 2.62. The standard InChI is InChI=1S/C20H22N2O2/c1-3-22(4-2)13-9-10-16-18(11-13)24-19-12-17(23)14-7-5-6-8-15(14)20(19)21-16/h5-6,9-12,21,23H,3-4,7-8H2,1-2H3. The highest BCUT2D eigenvalue weighted by molar-refractivity contribution is 5.82. The lowest BCUT2D eigenvalue weighted by atomic mass is 9.93. The van der Waals surface area contributed by atoms with E-state index in [2.05, 4.69) is 54.4 Å². The van der Waals surface area contributed by atoms with E-state index in [1.54, 1.807) is 6.07 Å². The van der Waals surface area contributed by atoms with Crippen LogP contribution in [0.3, 0.4) is 0 Å². The van der Waals surface area contributed by atoms with Gasteiger partial charge in [0.15, 0.2) is 11.5 Å². The van der Waals surface area contributed by atoms with Crippen LogP contribution in [0.4, 0.5) is 17.1 Å². The molecular weight excluding hydrogens is 300 g/mol. The van der Waals surface area contributed by atoms with Gasteiger partial charge in [-0.3, -0.25) is 0 Å². The third-order valence-electron chi connectivity index (χ3n) is 4.87. The van der Waals surface area contributed by atoms with Gasteiger partial charge in [0.1, 0.15) is 5.75 Å². The van der Waals surface area contributed by atoms with Gasteiger partial charge in [-0.15, -0.1) is 0 Å². The Kier molecular flexibility index (Phi) is 3.60. The number of nitrogens with zero attached hydrogens (tertiary/aromatic N) is 1. The first kappa shape index (κ1) is 14.9. The highest BCUT2D eigenvalue weighted by Gasteiger charge is 2.25. The maximum Gasteiger partial charge on any atom is 0.154 e. The van der Waals surface area contributed by atoms with Crippen LogP contribution in [-0.4, -0.2) is 18.2 Å². The Balaban J connectivity index is 1.75. The Labute approximate surface area is 142 Å². The predicted octanol–water partition coefficient (Wildman–Crippen LogP) is 4.74. The lowest BCUT2D eigenvalue weighted by Gasteiger charge is -2.28. The molecule has 1 aliphatic carbocycles. The number of ether oxygens (including phenoxy) is 1. The summed E-state index contributed by atoms with van der Waals surface area (Å²) in [5.74, 6) is 1.82. The number of allylic oxidation sites excluding steroid dienone is 2. The zero-order valence-electron chi connectivity index (χ0n) is 14.1. The number of phenols is 1. The molecule has 0 radical (unpaired) electrons. The van der Waals surface area contributed by atoms with Crippen LogP contribution >= 0.6 is 0 Å². The van der Waals surface area contributed by atoms with Crippen molar-refractivity contribution >= 4 is 17.1 Å². The number of anilines is 3. The zero-order valence-corrected chi connectivity index (χ0v) is 14.1. The number of fused-ring (bicyclic) bond motifs is 4. The molecule has 0 bridgehead atoms. The molecule has 0 saturated carbocycles. The Morgan fingerprint density at radius 1 is 1.04 bits per heavy atom. The van der Waals surface area contributed by atoms with Gasteiger partial charge < -0.3 is 20.1 Å². The third-order valence-corrected chi connectivity index (χ3v) is 4.87. The lowest BCUT2D eigenvalue weighted by molar-refractivity contribution is 0.449. The third kappa shape index (κ3) is 2.30. The minimum absolute atomic E-state index is 0.318. The summed E-state index contributed by atoms with van der Waals surface area (Å²) in [7, 11) is 0. The van der Waals surface area contributed by atoms with Crippen LogP contribution in [0.25, 0.3) is 0 Å². The first-order valence-electron chi connectivity index (χ1n) is 8.57. The maximum absolute atomic E-state index is 10.3. The highest BCUT2D eigenvalue weighted by Crippen LogP contribution is 2.48. The van der Waals surface area contributed by atoms with Gasteiger partial charge in [-0.05, 0) is 44.4 Å². The molecule has 0 spiro atoms. The number of hydrogen-bond acceptors (Lipinski definition) is 4. The van der Waals surface area contributed by atoms with Crippen LogP contribution in [-0.2, 0) is 12.8 Å². The van der Waals surface area contributed by atoms with Gasteiger partial charge in [-0.2, -0.15) is 0 Å². The van der Waals surface area contributed by atoms with Crippen molar-refractivity contribution in [2.75, 3.05) is 23.3 Å². The second-order valence-electron chi connectivity index (χ2n) is 6.19. The molecule has 0 fully saturated rings. The molecule has 124 valence electrons. The van der Waals surface area contributed by atoms with Crippen molar-refractivity contribution in [3.63, 3.8) is 0 Å². The fourth-order valence-corrected chi connectivity index (χ4v) is 3.55. The van der Waals surface area contributed by atoms with Crippen LogP contribution in [0.5, 0.6) is 17.2 Å². The normalized spacial score (nSPS) is 14.1. The molecule has 4 heteroatoms. The zero-order chi connectivity index (χ0) is 16.7. The number of nitrogens with one attached hydrogen (secondary N) is 1. The monoisotopic (exact) mass is 322 g/mol. The van der Waals surface area contributed by atoms with Crippen LogP contribution in [0.1, 0.15) is 25.0 Å². The molecule has 2 aromatic rings. The number of aromatic hydroxyl groups is 1. The van der Waals surface area contributed by atoms with Crippen LogP contribution < -0.4 is 15.0 Å². The fourth-order valence-electron chi connectivity index (χ4n) is 3.55. The first-order chi connectivity index (χ1) is 11.7. The topological polar surface area (TPSA) is 44.7 Å². The number of phenolic OH excluding ortho intramolecular Hbond substituents is 1. The van der Waals surface area contributed by atoms with Crippen molar-refractivity contribution in [2.24, 2.45) is 0 Å². The molecule has 1 aliphatic heterocycles. The Bertz CT molecular complexity index is 823. The maximum atomic E-state index is 10.3. The van der Waals surface area contributed by atoms with Crippen molar-refractivity contribution in [3.8, 4) is 17.2 Å². The minimum Gasteiger partial charge on any atom is -0.508 e. The summed E-state index contributed by atoms with van der Waals surface area (Å²) < 4.78 is 6.13. The van der Waals surface area contributed by atoms with Crippen LogP contribution in [0.15, 0.2) is 36.4 Å². The van der Waals surface area contributed by atoms with E-state index in [0.717, 1.165) is 59.9 Å². The van der Waals surface area contributed by atoms with Gasteiger partial charge in [0, 0.05) is 36.5 Å². The molecule has 24 heavy (non-hydrogen) atoms. The van der Waals surface area contributed by atoms with E-state index < -0.39 is 0 Å². The Hall–Kier alpha value is -2.62. The summed E-state index contributed by atoms with van der Waals surface area (Å²) in [6, 6.07) is 7.99. The van der Waals surface area contributed by atoms with Crippen LogP contribution in [0.2, 0.25) is 0 Å². The van der Waals surface area contributed by atoms with Gasteiger partial charge in [-0.1, -0.05) is 12.2 Å². The molecule has 0 saturated heterocycles. The highest BCUT2D eigenvalue weighted by atomic mass is 16.5. The van der Waals surface area contributed by atoms with Crippen molar-refractivity contribution < 1.29 is 9.84 Å². The largest absolute Gasteiger partial charge is 0.508 e. The van der Waals surface area contributed by atoms with Crippen LogP contribution in [0, 0.1) is 0 Å². The summed E-state index contributed by atoms with van der Waals surface area (Å²) in [5, 5.41) is 13.8. The van der Waals surface area contributed by atoms with Crippen molar-refractivity contribution in [2.45, 2.75) is 26.7 Å². The average molecular weight is 322 g/mol. The molecule has 1 heterocycles. The SMILES string of the molecule is CCN(CC)c1ccc2c(c1)Oc1cc(O)c3c(c1N2)CC=CC3. The number of rotatable bonds is 3. The van der Waals surface area contributed by atoms with Crippen molar-refractivity contribution in [3.05, 3.63) is 47.5 Å². The lowest BCUT2D eigenvalue weighted by Crippen LogP contribution is -2.21. The molecule has 0 unspecified atom stereocenters. The minimum atomic E-state index is 0.318. The molecule has 0 aromatic heterocycles. The second kappa shape index (κ2) is 5.78. The summed E-state index contributed by atoms with van der Waals surface area (Å²) in [5.41, 5.74) is 5.23. The van der Waals surface area contributed by atoms with Gasteiger partial charge in [-0.25, -0.2) is 0 Å². The molecular formula is C20H22N2O2. The van der Waals surface area contributed by atoms with E-state index in [4.69, 9.17) is 4.74 Å². The van der Waals surface area contributed by atoms with Gasteiger partial charge in [0.2, 0.25) is 0 Å². The molecule has 0 atom stereocenters. The van der Waals surface area contributed by atoms with Gasteiger partial charge in [0.05, 0.1) is 11.4 Å². The molecule has 2 N–H and O–H groups in total. The summed E-state index contributed by atoms with van der Waals surface area (Å²) in [6.45, 7) is 6.21. The second-order valence-corrected chi connectivity index (χ2v) is 6.19. The van der Waals surface area contributed by atoms with E-state index >= 15 is 0 Å². The Morgan fingerprint density at radius 2 is 1.79 bits per heavy atom. The fraction of sp³-hybridized carbons (Fsp3) is 0.300. The van der Waals surface area contributed by atoms with E-state index in [1.165, 1.54) is 0 Å². The Morgan fingerprint density at radius 3 is 2.54 bits per heavy atom. The number of benzene rings is 2. The number of hydrogen-bond donors (Lipinski definition) is 2. The smallest absolute Gasteiger partial charge is 0.154 e. The van der Waals surface area contributed by atoms with E-state index in [0.29, 0.717) is 11.5 Å². The van der Waals surface area contributed by atoms with Crippen molar-refractivity contribution in [1.82, 2.24) is 0 Å². The molecule has 4 rings (SSSR count). The van der Waals surface area contributed by atoms with E-state index in [9.17, 15) is 5.11 Å². The molecule has 0 amide bonds. The summed E-state index contributed by atoms with van der Waals surface area (Å²) in [6.07, 6.45) is 5.82. The molecule has 2 aliphatic rings. The quantitative estimate of drug-likeness (QED) is 0.540. The summed E-state index contributed by atoms with van der Waals surface area (Å²) in [4.78, 5) is 2.29. The molecule has 4 nitrogen and oxygen atoms in total. The first-order valence-corrected chi connectivity index (χ1v) is 8.57. The molecule has 2 aromatic carbocycles. The summed E-state index contributed by atoms with van der Waals surface area (Å²) >= 11 is 0. The predicted molar refractivity (Wildman–Crippen MR) is 98.0 cm³/mol. The van der Waals surface area contributed by atoms with E-state index in [-0.39, 0.29) is 0 Å².